The summed E-state index contributed by atoms with van der Waals surface area (Å²) in [5.74, 6) is 1.09. The number of halogens is 1. The Morgan fingerprint density at radius 3 is 2.64 bits per heavy atom. The number of hydrogen-bond acceptors (Lipinski definition) is 5. The number of carbonyl (C=O) groups is 1. The second kappa shape index (κ2) is 8.29. The molecule has 3 heterocycles. The molecule has 1 aliphatic heterocycles. The van der Waals surface area contributed by atoms with Gasteiger partial charge in [0.25, 0.3) is 0 Å². The summed E-state index contributed by atoms with van der Waals surface area (Å²) in [5, 5.41) is 3.70. The lowest BCUT2D eigenvalue weighted by atomic mass is 10.1. The minimum atomic E-state index is 0.143. The summed E-state index contributed by atoms with van der Waals surface area (Å²) in [7, 11) is 0. The molecule has 0 aliphatic carbocycles. The Hall–Kier alpha value is -2.44. The average Bonchev–Trinajstić information content (AvgIpc) is 3.15. The Morgan fingerprint density at radius 1 is 1.18 bits per heavy atom. The zero-order valence-electron chi connectivity index (χ0n) is 15.6. The smallest absolute Gasteiger partial charge is 0.227 e. The lowest BCUT2D eigenvalue weighted by molar-refractivity contribution is -0.130. The lowest BCUT2D eigenvalue weighted by Crippen LogP contribution is -2.49. The van der Waals surface area contributed by atoms with E-state index in [0.29, 0.717) is 24.5 Å². The molecule has 1 aromatic carbocycles. The molecule has 0 atom stereocenters. The Bertz CT molecular complexity index is 965. The van der Waals surface area contributed by atoms with Crippen molar-refractivity contribution in [3.63, 3.8) is 0 Å². The highest BCUT2D eigenvalue weighted by molar-refractivity contribution is 7.13. The number of piperazine rings is 1. The maximum atomic E-state index is 12.6. The average molecular weight is 413 g/mol. The highest BCUT2D eigenvalue weighted by Crippen LogP contribution is 2.24. The van der Waals surface area contributed by atoms with Crippen molar-refractivity contribution in [2.45, 2.75) is 13.3 Å². The number of aromatic nitrogens is 2. The first-order chi connectivity index (χ1) is 13.6. The van der Waals surface area contributed by atoms with Crippen LogP contribution in [0.2, 0.25) is 5.02 Å². The SMILES string of the molecule is Cc1csc(-c2ccc(N3CCN(C(=O)Cc4cccc(Cl)c4)CC3)nc2)n1. The quantitative estimate of drug-likeness (QED) is 0.648. The second-order valence-corrected chi connectivity index (χ2v) is 8.17. The first-order valence-corrected chi connectivity index (χ1v) is 10.5. The third-order valence-electron chi connectivity index (χ3n) is 4.81. The van der Waals surface area contributed by atoms with Gasteiger partial charge in [0.1, 0.15) is 10.8 Å². The Balaban J connectivity index is 1.34. The van der Waals surface area contributed by atoms with Gasteiger partial charge in [0, 0.05) is 54.0 Å². The van der Waals surface area contributed by atoms with Crippen LogP contribution in [0.5, 0.6) is 0 Å². The van der Waals surface area contributed by atoms with Crippen molar-refractivity contribution in [2.75, 3.05) is 31.1 Å². The summed E-state index contributed by atoms with van der Waals surface area (Å²) in [4.78, 5) is 25.8. The van der Waals surface area contributed by atoms with Crippen LogP contribution in [0.25, 0.3) is 10.6 Å². The van der Waals surface area contributed by atoms with Gasteiger partial charge in [-0.25, -0.2) is 9.97 Å². The number of amides is 1. The molecule has 4 rings (SSSR count). The van der Waals surface area contributed by atoms with Gasteiger partial charge in [-0.15, -0.1) is 11.3 Å². The van der Waals surface area contributed by atoms with Crippen LogP contribution in [0.3, 0.4) is 0 Å². The summed E-state index contributed by atoms with van der Waals surface area (Å²) < 4.78 is 0. The third kappa shape index (κ3) is 4.34. The van der Waals surface area contributed by atoms with E-state index in [-0.39, 0.29) is 5.91 Å². The van der Waals surface area contributed by atoms with Crippen LogP contribution in [0.4, 0.5) is 5.82 Å². The molecule has 1 fully saturated rings. The van der Waals surface area contributed by atoms with Crippen LogP contribution in [0.1, 0.15) is 11.3 Å². The summed E-state index contributed by atoms with van der Waals surface area (Å²) in [5.41, 5.74) is 3.02. The van der Waals surface area contributed by atoms with Crippen molar-refractivity contribution in [3.05, 3.63) is 64.3 Å². The molecule has 144 valence electrons. The third-order valence-corrected chi connectivity index (χ3v) is 6.06. The van der Waals surface area contributed by atoms with E-state index in [2.05, 4.69) is 20.9 Å². The van der Waals surface area contributed by atoms with Gasteiger partial charge in [0.05, 0.1) is 6.42 Å². The predicted octanol–water partition coefficient (Wildman–Crippen LogP) is 4.06. The van der Waals surface area contributed by atoms with Crippen LogP contribution in [0.15, 0.2) is 48.0 Å². The summed E-state index contributed by atoms with van der Waals surface area (Å²) in [6.07, 6.45) is 2.27. The lowest BCUT2D eigenvalue weighted by Gasteiger charge is -2.35. The van der Waals surface area contributed by atoms with Crippen LogP contribution in [-0.4, -0.2) is 47.0 Å². The van der Waals surface area contributed by atoms with Crippen molar-refractivity contribution < 1.29 is 4.79 Å². The first kappa shape index (κ1) is 18.9. The molecule has 2 aromatic heterocycles. The maximum Gasteiger partial charge on any atom is 0.227 e. The van der Waals surface area contributed by atoms with Gasteiger partial charge in [0.15, 0.2) is 0 Å². The number of carbonyl (C=O) groups excluding carboxylic acids is 1. The largest absolute Gasteiger partial charge is 0.353 e. The molecule has 0 N–H and O–H groups in total. The highest BCUT2D eigenvalue weighted by atomic mass is 35.5. The standard InChI is InChI=1S/C21H21ClN4OS/c1-15-14-28-21(24-15)17-5-6-19(23-13-17)25-7-9-26(10-8-25)20(27)12-16-3-2-4-18(22)11-16/h2-6,11,13-14H,7-10,12H2,1H3. The molecule has 7 heteroatoms. The number of aryl methyl sites for hydroxylation is 1. The van der Waals surface area contributed by atoms with E-state index in [0.717, 1.165) is 40.7 Å². The van der Waals surface area contributed by atoms with Crippen molar-refractivity contribution >= 4 is 34.7 Å². The zero-order valence-corrected chi connectivity index (χ0v) is 17.2. The predicted molar refractivity (Wildman–Crippen MR) is 114 cm³/mol. The molecule has 5 nitrogen and oxygen atoms in total. The van der Waals surface area contributed by atoms with Gasteiger partial charge in [-0.1, -0.05) is 23.7 Å². The number of hydrogen-bond donors (Lipinski definition) is 0. The Morgan fingerprint density at radius 2 is 2.00 bits per heavy atom. The van der Waals surface area contributed by atoms with Crippen LogP contribution in [-0.2, 0) is 11.2 Å². The number of benzene rings is 1. The van der Waals surface area contributed by atoms with Gasteiger partial charge < -0.3 is 9.80 Å². The number of pyridine rings is 1. The Labute approximate surface area is 173 Å². The van der Waals surface area contributed by atoms with Crippen LogP contribution < -0.4 is 4.90 Å². The maximum absolute atomic E-state index is 12.6. The van der Waals surface area contributed by atoms with Gasteiger partial charge in [-0.3, -0.25) is 4.79 Å². The van der Waals surface area contributed by atoms with Crippen molar-refractivity contribution in [2.24, 2.45) is 0 Å². The van der Waals surface area contributed by atoms with E-state index >= 15 is 0 Å². The molecule has 1 amide bonds. The van der Waals surface area contributed by atoms with Gasteiger partial charge >= 0.3 is 0 Å². The van der Waals surface area contributed by atoms with Gasteiger partial charge in [-0.05, 0) is 36.8 Å². The minimum Gasteiger partial charge on any atom is -0.353 e. The molecular weight excluding hydrogens is 392 g/mol. The van der Waals surface area contributed by atoms with E-state index in [1.165, 1.54) is 0 Å². The van der Waals surface area contributed by atoms with E-state index in [1.807, 2.05) is 53.7 Å². The van der Waals surface area contributed by atoms with Crippen LogP contribution >= 0.6 is 22.9 Å². The number of nitrogens with zero attached hydrogens (tertiary/aromatic N) is 4. The van der Waals surface area contributed by atoms with Crippen molar-refractivity contribution in [3.8, 4) is 10.6 Å². The molecule has 3 aromatic rings. The number of thiazole rings is 1. The second-order valence-electron chi connectivity index (χ2n) is 6.87. The molecule has 28 heavy (non-hydrogen) atoms. The summed E-state index contributed by atoms with van der Waals surface area (Å²) >= 11 is 7.64. The fourth-order valence-electron chi connectivity index (χ4n) is 3.30. The Kier molecular flexibility index (Phi) is 5.59. The first-order valence-electron chi connectivity index (χ1n) is 9.24. The van der Waals surface area contributed by atoms with E-state index in [4.69, 9.17) is 11.6 Å². The normalized spacial score (nSPS) is 14.4. The molecule has 0 radical (unpaired) electrons. The fourth-order valence-corrected chi connectivity index (χ4v) is 4.31. The van der Waals surface area contributed by atoms with Crippen molar-refractivity contribution in [1.29, 1.82) is 0 Å². The molecule has 1 saturated heterocycles. The fraction of sp³-hybridized carbons (Fsp3) is 0.286. The molecule has 0 bridgehead atoms. The van der Waals surface area contributed by atoms with E-state index in [1.54, 1.807) is 11.3 Å². The van der Waals surface area contributed by atoms with Crippen molar-refractivity contribution in [1.82, 2.24) is 14.9 Å². The topological polar surface area (TPSA) is 49.3 Å². The summed E-state index contributed by atoms with van der Waals surface area (Å²) in [6, 6.07) is 11.6. The minimum absolute atomic E-state index is 0.143. The number of anilines is 1. The molecule has 0 unspecified atom stereocenters. The molecule has 1 aliphatic rings. The van der Waals surface area contributed by atoms with E-state index < -0.39 is 0 Å². The van der Waals surface area contributed by atoms with Crippen LogP contribution in [0, 0.1) is 6.92 Å². The molecular formula is C21H21ClN4OS. The van der Waals surface area contributed by atoms with Gasteiger partial charge in [-0.2, -0.15) is 0 Å². The highest BCUT2D eigenvalue weighted by Gasteiger charge is 2.22. The summed E-state index contributed by atoms with van der Waals surface area (Å²) in [6.45, 7) is 4.96. The van der Waals surface area contributed by atoms with E-state index in [9.17, 15) is 4.79 Å². The van der Waals surface area contributed by atoms with Gasteiger partial charge in [0.2, 0.25) is 5.91 Å². The number of rotatable bonds is 4. The molecule has 0 saturated carbocycles. The molecule has 0 spiro atoms. The zero-order chi connectivity index (χ0) is 19.5. The monoisotopic (exact) mass is 412 g/mol.